The average Bonchev–Trinajstić information content (AvgIpc) is 3.13. The maximum atomic E-state index is 13.5. The number of aromatic nitrogens is 2. The van der Waals surface area contributed by atoms with Gasteiger partial charge < -0.3 is 9.42 Å². The second-order valence-corrected chi connectivity index (χ2v) is 6.16. The second-order valence-electron chi connectivity index (χ2n) is 6.16. The van der Waals surface area contributed by atoms with Crippen molar-refractivity contribution in [1.82, 2.24) is 20.0 Å². The van der Waals surface area contributed by atoms with Crippen LogP contribution in [-0.4, -0.2) is 45.4 Å². The number of benzene rings is 1. The number of urea groups is 1. The first-order chi connectivity index (χ1) is 12.0. The van der Waals surface area contributed by atoms with Crippen molar-refractivity contribution in [2.45, 2.75) is 25.3 Å². The highest BCUT2D eigenvalue weighted by Gasteiger charge is 2.40. The lowest BCUT2D eigenvalue weighted by Crippen LogP contribution is -2.52. The number of amides is 2. The molecule has 2 amide bonds. The first-order valence-corrected chi connectivity index (χ1v) is 7.88. The first-order valence-electron chi connectivity index (χ1n) is 7.88. The molecule has 7 nitrogen and oxygen atoms in total. The van der Waals surface area contributed by atoms with Crippen LogP contribution in [0, 0.1) is 18.6 Å². The maximum absolute atomic E-state index is 13.5. The van der Waals surface area contributed by atoms with E-state index in [4.69, 9.17) is 4.52 Å². The number of carbonyl (C=O) groups is 1. The van der Waals surface area contributed by atoms with Gasteiger partial charge in [-0.1, -0.05) is 5.16 Å². The van der Waals surface area contributed by atoms with Crippen LogP contribution in [0.4, 0.5) is 13.6 Å². The lowest BCUT2D eigenvalue weighted by atomic mass is 10.0. The van der Waals surface area contributed by atoms with Gasteiger partial charge in [-0.15, -0.1) is 0 Å². The molecule has 2 aromatic rings. The number of hydrogen-bond donors (Lipinski definition) is 0. The maximum Gasteiger partial charge on any atom is 0.341 e. The molecule has 0 bridgehead atoms. The molecule has 130 valence electrons. The van der Waals surface area contributed by atoms with Crippen molar-refractivity contribution in [3.05, 3.63) is 47.1 Å². The highest BCUT2D eigenvalue weighted by molar-refractivity contribution is 5.79. The fourth-order valence-electron chi connectivity index (χ4n) is 3.06. The summed E-state index contributed by atoms with van der Waals surface area (Å²) in [5.41, 5.74) is 0.382. The van der Waals surface area contributed by atoms with Gasteiger partial charge in [-0.3, -0.25) is 0 Å². The van der Waals surface area contributed by atoms with Crippen molar-refractivity contribution < 1.29 is 18.1 Å². The Hall–Kier alpha value is -2.84. The number of aryl methyl sites for hydroxylation is 1. The van der Waals surface area contributed by atoms with Gasteiger partial charge in [0.25, 0.3) is 0 Å². The standard InChI is InChI=1S/C16H15F2N5O2/c1-9-20-15(25-21-9)11-7-22(8-11)16(24)23-14(2-3-19-23)10-4-12(17)6-13(18)5-10/h3-6,11,14H,2,7-8H2,1H3/t14-/m0/s1. The van der Waals surface area contributed by atoms with Gasteiger partial charge in [-0.25, -0.2) is 18.6 Å². The SMILES string of the molecule is Cc1noc(C2CN(C(=O)N3N=CC[C@H]3c3cc(F)cc(F)c3)C2)n1. The summed E-state index contributed by atoms with van der Waals surface area (Å²) < 4.78 is 32.0. The molecule has 2 aliphatic heterocycles. The van der Waals surface area contributed by atoms with E-state index in [0.717, 1.165) is 6.07 Å². The van der Waals surface area contributed by atoms with Crippen LogP contribution in [0.25, 0.3) is 0 Å². The predicted octanol–water partition coefficient (Wildman–Crippen LogP) is 2.61. The molecule has 1 aromatic heterocycles. The molecule has 4 rings (SSSR count). The van der Waals surface area contributed by atoms with Crippen LogP contribution >= 0.6 is 0 Å². The Bertz CT molecular complexity index is 827. The summed E-state index contributed by atoms with van der Waals surface area (Å²) in [5, 5.41) is 9.09. The van der Waals surface area contributed by atoms with E-state index in [2.05, 4.69) is 15.2 Å². The van der Waals surface area contributed by atoms with Crippen molar-refractivity contribution in [1.29, 1.82) is 0 Å². The Morgan fingerprint density at radius 1 is 1.24 bits per heavy atom. The van der Waals surface area contributed by atoms with Gasteiger partial charge in [0, 0.05) is 31.8 Å². The van der Waals surface area contributed by atoms with E-state index in [9.17, 15) is 13.6 Å². The predicted molar refractivity (Wildman–Crippen MR) is 82.8 cm³/mol. The third-order valence-electron chi connectivity index (χ3n) is 4.34. The quantitative estimate of drug-likeness (QED) is 0.837. The molecule has 0 saturated carbocycles. The molecular formula is C16H15F2N5O2. The average molecular weight is 347 g/mol. The number of carbonyl (C=O) groups excluding carboxylic acids is 1. The van der Waals surface area contributed by atoms with Gasteiger partial charge in [0.1, 0.15) is 11.6 Å². The molecule has 0 unspecified atom stereocenters. The van der Waals surface area contributed by atoms with E-state index < -0.39 is 17.7 Å². The van der Waals surface area contributed by atoms with E-state index in [1.165, 1.54) is 17.1 Å². The molecule has 0 N–H and O–H groups in total. The molecule has 1 aromatic carbocycles. The van der Waals surface area contributed by atoms with E-state index in [-0.39, 0.29) is 11.9 Å². The van der Waals surface area contributed by atoms with Crippen LogP contribution < -0.4 is 0 Å². The van der Waals surface area contributed by atoms with Gasteiger partial charge in [0.2, 0.25) is 5.89 Å². The second kappa shape index (κ2) is 5.91. The van der Waals surface area contributed by atoms with Crippen molar-refractivity contribution in [2.24, 2.45) is 5.10 Å². The van der Waals surface area contributed by atoms with Gasteiger partial charge in [0.15, 0.2) is 5.82 Å². The van der Waals surface area contributed by atoms with Crippen LogP contribution in [-0.2, 0) is 0 Å². The molecule has 2 aliphatic rings. The highest BCUT2D eigenvalue weighted by Crippen LogP contribution is 2.33. The minimum absolute atomic E-state index is 0.00166. The van der Waals surface area contributed by atoms with Crippen molar-refractivity contribution in [3.63, 3.8) is 0 Å². The van der Waals surface area contributed by atoms with Gasteiger partial charge >= 0.3 is 6.03 Å². The van der Waals surface area contributed by atoms with E-state index >= 15 is 0 Å². The third-order valence-corrected chi connectivity index (χ3v) is 4.34. The van der Waals surface area contributed by atoms with Crippen molar-refractivity contribution in [3.8, 4) is 0 Å². The lowest BCUT2D eigenvalue weighted by molar-refractivity contribution is 0.0966. The smallest absolute Gasteiger partial charge is 0.339 e. The summed E-state index contributed by atoms with van der Waals surface area (Å²) in [6, 6.07) is 2.43. The van der Waals surface area contributed by atoms with Gasteiger partial charge in [0.05, 0.1) is 12.0 Å². The van der Waals surface area contributed by atoms with Crippen LogP contribution in [0.5, 0.6) is 0 Å². The monoisotopic (exact) mass is 347 g/mol. The fourth-order valence-corrected chi connectivity index (χ4v) is 3.06. The van der Waals surface area contributed by atoms with Crippen LogP contribution in [0.15, 0.2) is 27.8 Å². The molecule has 3 heterocycles. The first kappa shape index (κ1) is 15.7. The van der Waals surface area contributed by atoms with Gasteiger partial charge in [-0.2, -0.15) is 10.1 Å². The Balaban J connectivity index is 1.46. The molecular weight excluding hydrogens is 332 g/mol. The number of halogens is 2. The lowest BCUT2D eigenvalue weighted by Gasteiger charge is -2.39. The zero-order chi connectivity index (χ0) is 17.6. The van der Waals surface area contributed by atoms with Crippen molar-refractivity contribution in [2.75, 3.05) is 13.1 Å². The van der Waals surface area contributed by atoms with Crippen molar-refractivity contribution >= 4 is 12.2 Å². The topological polar surface area (TPSA) is 74.8 Å². The number of rotatable bonds is 2. The summed E-state index contributed by atoms with van der Waals surface area (Å²) in [4.78, 5) is 18.4. The summed E-state index contributed by atoms with van der Waals surface area (Å²) in [6.45, 7) is 2.61. The number of hydrazone groups is 1. The Kier molecular flexibility index (Phi) is 3.70. The summed E-state index contributed by atoms with van der Waals surface area (Å²) in [5.74, 6) is -0.288. The Labute approximate surface area is 141 Å². The van der Waals surface area contributed by atoms with E-state index in [0.29, 0.717) is 36.8 Å². The highest BCUT2D eigenvalue weighted by atomic mass is 19.1. The normalized spacial score (nSPS) is 20.2. The molecule has 0 spiro atoms. The molecule has 1 fully saturated rings. The largest absolute Gasteiger partial charge is 0.341 e. The zero-order valence-electron chi connectivity index (χ0n) is 13.4. The van der Waals surface area contributed by atoms with Crippen LogP contribution in [0.2, 0.25) is 0 Å². The summed E-state index contributed by atoms with van der Waals surface area (Å²) in [6.07, 6.45) is 1.98. The Morgan fingerprint density at radius 2 is 1.96 bits per heavy atom. The van der Waals surface area contributed by atoms with Crippen LogP contribution in [0.1, 0.15) is 35.7 Å². The molecule has 0 aliphatic carbocycles. The molecule has 25 heavy (non-hydrogen) atoms. The Morgan fingerprint density at radius 3 is 2.60 bits per heavy atom. The van der Waals surface area contributed by atoms with E-state index in [1.54, 1.807) is 18.0 Å². The minimum atomic E-state index is -0.676. The third kappa shape index (κ3) is 2.86. The molecule has 1 atom stereocenters. The molecule has 9 heteroatoms. The number of hydrogen-bond acceptors (Lipinski definition) is 5. The summed E-state index contributed by atoms with van der Waals surface area (Å²) >= 11 is 0. The fraction of sp³-hybridized carbons (Fsp3) is 0.375. The molecule has 1 saturated heterocycles. The number of nitrogens with zero attached hydrogens (tertiary/aromatic N) is 5. The van der Waals surface area contributed by atoms with Gasteiger partial charge in [-0.05, 0) is 24.6 Å². The molecule has 0 radical (unpaired) electrons. The minimum Gasteiger partial charge on any atom is -0.339 e. The zero-order valence-corrected chi connectivity index (χ0v) is 13.4. The van der Waals surface area contributed by atoms with Crippen LogP contribution in [0.3, 0.4) is 0 Å². The van der Waals surface area contributed by atoms with E-state index in [1.807, 2.05) is 0 Å². The number of likely N-dealkylation sites (tertiary alicyclic amines) is 1. The summed E-state index contributed by atoms with van der Waals surface area (Å²) in [7, 11) is 0.